The summed E-state index contributed by atoms with van der Waals surface area (Å²) in [7, 11) is 1.43. The maximum absolute atomic E-state index is 12.2. The first kappa shape index (κ1) is 17.9. The molecule has 1 heterocycles. The summed E-state index contributed by atoms with van der Waals surface area (Å²) in [6.45, 7) is 4.11. The lowest BCUT2D eigenvalue weighted by Gasteiger charge is -2.27. The molecule has 23 heavy (non-hydrogen) atoms. The van der Waals surface area contributed by atoms with E-state index in [1.54, 1.807) is 0 Å². The molecule has 1 aliphatic rings. The van der Waals surface area contributed by atoms with Crippen molar-refractivity contribution in [1.82, 2.24) is 5.32 Å². The van der Waals surface area contributed by atoms with Crippen LogP contribution in [0.2, 0.25) is 0 Å². The van der Waals surface area contributed by atoms with Crippen LogP contribution < -0.4 is 10.2 Å². The second kappa shape index (κ2) is 8.45. The number of halogens is 1. The first-order valence-corrected chi connectivity index (χ1v) is 8.75. The highest BCUT2D eigenvalue weighted by atomic mass is 79.9. The van der Waals surface area contributed by atoms with Crippen molar-refractivity contribution in [3.63, 3.8) is 0 Å². The second-order valence-electron chi connectivity index (χ2n) is 6.06. The number of carbonyl (C=O) groups is 2. The standard InChI is InChI=1S/C17H23BrN2O3/c1-12(13-3-5-15(18)6-4-13)19-16(21)11-20-9-7-14(8-10-20)17(22)23-2/h3-6,12,14H,7-11H2,1-2H3,(H,19,21)/p+1/t12-/m1/s1. The highest BCUT2D eigenvalue weighted by Gasteiger charge is 2.29. The molecule has 1 aromatic carbocycles. The maximum atomic E-state index is 12.2. The molecule has 2 rings (SSSR count). The minimum Gasteiger partial charge on any atom is -0.469 e. The molecular weight excluding hydrogens is 360 g/mol. The first-order chi connectivity index (χ1) is 11.0. The number of quaternary nitrogens is 1. The number of amides is 1. The Morgan fingerprint density at radius 1 is 1.30 bits per heavy atom. The molecule has 1 aromatic rings. The van der Waals surface area contributed by atoms with E-state index in [2.05, 4.69) is 21.2 Å². The fraction of sp³-hybridized carbons (Fsp3) is 0.529. The third-order valence-electron chi connectivity index (χ3n) is 4.39. The van der Waals surface area contributed by atoms with Crippen LogP contribution in [0.4, 0.5) is 0 Å². The van der Waals surface area contributed by atoms with Crippen molar-refractivity contribution in [3.8, 4) is 0 Å². The van der Waals surface area contributed by atoms with E-state index in [-0.39, 0.29) is 23.8 Å². The number of carbonyl (C=O) groups excluding carboxylic acids is 2. The normalized spacial score (nSPS) is 22.2. The van der Waals surface area contributed by atoms with E-state index >= 15 is 0 Å². The van der Waals surface area contributed by atoms with E-state index in [0.29, 0.717) is 6.54 Å². The van der Waals surface area contributed by atoms with Gasteiger partial charge in [-0.05, 0) is 24.6 Å². The van der Waals surface area contributed by atoms with Crippen LogP contribution in [0.3, 0.4) is 0 Å². The number of piperidine rings is 1. The third-order valence-corrected chi connectivity index (χ3v) is 4.91. The van der Waals surface area contributed by atoms with Gasteiger partial charge < -0.3 is 15.0 Å². The van der Waals surface area contributed by atoms with Crippen molar-refractivity contribution >= 4 is 27.8 Å². The third kappa shape index (κ3) is 5.32. The monoisotopic (exact) mass is 383 g/mol. The Bertz CT molecular complexity index is 539. The van der Waals surface area contributed by atoms with Gasteiger partial charge in [-0.25, -0.2) is 0 Å². The summed E-state index contributed by atoms with van der Waals surface area (Å²) in [6, 6.07) is 7.94. The van der Waals surface area contributed by atoms with Gasteiger partial charge in [-0.1, -0.05) is 28.1 Å². The molecule has 6 heteroatoms. The average Bonchev–Trinajstić information content (AvgIpc) is 2.55. The number of rotatable bonds is 5. The molecule has 5 nitrogen and oxygen atoms in total. The van der Waals surface area contributed by atoms with Gasteiger partial charge in [0.15, 0.2) is 6.54 Å². The molecule has 0 spiro atoms. The van der Waals surface area contributed by atoms with Crippen molar-refractivity contribution < 1.29 is 19.2 Å². The van der Waals surface area contributed by atoms with Crippen LogP contribution in [0, 0.1) is 5.92 Å². The van der Waals surface area contributed by atoms with E-state index in [1.165, 1.54) is 12.0 Å². The van der Waals surface area contributed by atoms with Gasteiger partial charge in [0.25, 0.3) is 5.91 Å². The summed E-state index contributed by atoms with van der Waals surface area (Å²) in [4.78, 5) is 24.9. The van der Waals surface area contributed by atoms with Gasteiger partial charge in [0.1, 0.15) is 0 Å². The summed E-state index contributed by atoms with van der Waals surface area (Å²) in [5.74, 6) is -0.0854. The highest BCUT2D eigenvalue weighted by Crippen LogP contribution is 2.16. The van der Waals surface area contributed by atoms with Gasteiger partial charge >= 0.3 is 5.97 Å². The molecule has 2 N–H and O–H groups in total. The quantitative estimate of drug-likeness (QED) is 0.748. The number of hydrogen-bond donors (Lipinski definition) is 2. The first-order valence-electron chi connectivity index (χ1n) is 7.96. The number of hydrogen-bond acceptors (Lipinski definition) is 3. The number of methoxy groups -OCH3 is 1. The largest absolute Gasteiger partial charge is 0.469 e. The Morgan fingerprint density at radius 2 is 1.91 bits per heavy atom. The number of nitrogens with one attached hydrogen (secondary N) is 2. The number of esters is 1. The van der Waals surface area contributed by atoms with Crippen LogP contribution in [0.15, 0.2) is 28.7 Å². The summed E-state index contributed by atoms with van der Waals surface area (Å²) in [5, 5.41) is 3.04. The molecule has 1 fully saturated rings. The molecule has 1 amide bonds. The lowest BCUT2D eigenvalue weighted by molar-refractivity contribution is -0.897. The Morgan fingerprint density at radius 3 is 2.48 bits per heavy atom. The lowest BCUT2D eigenvalue weighted by Crippen LogP contribution is -3.14. The maximum Gasteiger partial charge on any atom is 0.309 e. The lowest BCUT2D eigenvalue weighted by atomic mass is 9.97. The molecule has 1 saturated heterocycles. The van der Waals surface area contributed by atoms with E-state index < -0.39 is 0 Å². The predicted molar refractivity (Wildman–Crippen MR) is 91.0 cm³/mol. The van der Waals surface area contributed by atoms with Gasteiger partial charge in [0.2, 0.25) is 0 Å². The second-order valence-corrected chi connectivity index (χ2v) is 6.98. The van der Waals surface area contributed by atoms with E-state index in [1.807, 2.05) is 31.2 Å². The van der Waals surface area contributed by atoms with Crippen molar-refractivity contribution in [2.75, 3.05) is 26.7 Å². The smallest absolute Gasteiger partial charge is 0.309 e. The number of likely N-dealkylation sites (tertiary alicyclic amines) is 1. The molecule has 0 aliphatic carbocycles. The zero-order valence-corrected chi connectivity index (χ0v) is 15.2. The summed E-state index contributed by atoms with van der Waals surface area (Å²) in [6.07, 6.45) is 1.58. The fourth-order valence-corrected chi connectivity index (χ4v) is 3.22. The van der Waals surface area contributed by atoms with E-state index in [9.17, 15) is 9.59 Å². The van der Waals surface area contributed by atoms with Gasteiger partial charge in [0, 0.05) is 17.3 Å². The zero-order valence-electron chi connectivity index (χ0n) is 13.6. The molecular formula is C17H24BrN2O3+. The summed E-state index contributed by atoms with van der Waals surface area (Å²) in [5.41, 5.74) is 1.08. The zero-order chi connectivity index (χ0) is 16.8. The van der Waals surface area contributed by atoms with Crippen LogP contribution >= 0.6 is 15.9 Å². The Balaban J connectivity index is 1.77. The number of benzene rings is 1. The molecule has 0 radical (unpaired) electrons. The van der Waals surface area contributed by atoms with Gasteiger partial charge in [-0.3, -0.25) is 9.59 Å². The van der Waals surface area contributed by atoms with Gasteiger partial charge in [0.05, 0.1) is 32.2 Å². The van der Waals surface area contributed by atoms with Crippen LogP contribution in [0.1, 0.15) is 31.4 Å². The Hall–Kier alpha value is -1.40. The van der Waals surface area contributed by atoms with Crippen molar-refractivity contribution in [2.45, 2.75) is 25.8 Å². The van der Waals surface area contributed by atoms with Crippen molar-refractivity contribution in [2.24, 2.45) is 5.92 Å². The number of ether oxygens (including phenoxy) is 1. The van der Waals surface area contributed by atoms with Crippen molar-refractivity contribution in [3.05, 3.63) is 34.3 Å². The molecule has 0 saturated carbocycles. The minimum atomic E-state index is -0.127. The Kier molecular flexibility index (Phi) is 6.59. The van der Waals surface area contributed by atoms with Crippen LogP contribution in [0.25, 0.3) is 0 Å². The van der Waals surface area contributed by atoms with Crippen LogP contribution in [0.5, 0.6) is 0 Å². The highest BCUT2D eigenvalue weighted by molar-refractivity contribution is 9.10. The van der Waals surface area contributed by atoms with Gasteiger partial charge in [-0.2, -0.15) is 0 Å². The van der Waals surface area contributed by atoms with Crippen LogP contribution in [-0.2, 0) is 14.3 Å². The van der Waals surface area contributed by atoms with E-state index in [4.69, 9.17) is 4.74 Å². The molecule has 0 bridgehead atoms. The SMILES string of the molecule is COC(=O)C1CC[NH+](CC(=O)N[C@H](C)c2ccc(Br)cc2)CC1. The summed E-state index contributed by atoms with van der Waals surface area (Å²) < 4.78 is 5.81. The predicted octanol–water partition coefficient (Wildman–Crippen LogP) is 1.09. The van der Waals surface area contributed by atoms with Crippen LogP contribution in [-0.4, -0.2) is 38.6 Å². The summed E-state index contributed by atoms with van der Waals surface area (Å²) >= 11 is 3.41. The Labute approximate surface area is 145 Å². The minimum absolute atomic E-state index is 0.00602. The van der Waals surface area contributed by atoms with Gasteiger partial charge in [-0.15, -0.1) is 0 Å². The van der Waals surface area contributed by atoms with E-state index in [0.717, 1.165) is 36.0 Å². The molecule has 0 unspecified atom stereocenters. The van der Waals surface area contributed by atoms with Crippen molar-refractivity contribution in [1.29, 1.82) is 0 Å². The molecule has 1 atom stereocenters. The fourth-order valence-electron chi connectivity index (χ4n) is 2.96. The molecule has 1 aliphatic heterocycles. The average molecular weight is 384 g/mol. The molecule has 126 valence electrons. The molecule has 0 aromatic heterocycles. The topological polar surface area (TPSA) is 59.8 Å².